The van der Waals surface area contributed by atoms with Crippen LogP contribution in [0.2, 0.25) is 0 Å². The number of nitrogens with one attached hydrogen (secondary N) is 1. The summed E-state index contributed by atoms with van der Waals surface area (Å²) in [6, 6.07) is 9.06. The molecule has 3 rings (SSSR count). The summed E-state index contributed by atoms with van der Waals surface area (Å²) < 4.78 is 1.94. The number of rotatable bonds is 3. The van der Waals surface area contributed by atoms with Crippen molar-refractivity contribution in [2.24, 2.45) is 0 Å². The van der Waals surface area contributed by atoms with Gasteiger partial charge in [0.05, 0.1) is 23.5 Å². The van der Waals surface area contributed by atoms with Crippen LogP contribution in [0.3, 0.4) is 0 Å². The highest BCUT2D eigenvalue weighted by atomic mass is 16.3. The van der Waals surface area contributed by atoms with Gasteiger partial charge in [0.25, 0.3) is 0 Å². The highest BCUT2D eigenvalue weighted by Gasteiger charge is 2.15. The molecule has 118 valence electrons. The van der Waals surface area contributed by atoms with E-state index in [1.54, 1.807) is 18.2 Å². The second-order valence-electron chi connectivity index (χ2n) is 5.77. The van der Waals surface area contributed by atoms with Crippen LogP contribution in [0.1, 0.15) is 22.5 Å². The van der Waals surface area contributed by atoms with Crippen molar-refractivity contribution in [3.8, 4) is 5.75 Å². The van der Waals surface area contributed by atoms with Gasteiger partial charge in [0.15, 0.2) is 0 Å². The minimum absolute atomic E-state index is 0.0645. The van der Waals surface area contributed by atoms with Crippen LogP contribution in [0, 0.1) is 20.8 Å². The van der Waals surface area contributed by atoms with E-state index in [-0.39, 0.29) is 18.1 Å². The first-order valence-corrected chi connectivity index (χ1v) is 7.48. The Labute approximate surface area is 134 Å². The lowest BCUT2D eigenvalue weighted by Gasteiger charge is -2.09. The number of pyridine rings is 1. The summed E-state index contributed by atoms with van der Waals surface area (Å²) in [7, 11) is 0. The maximum Gasteiger partial charge on any atom is 0.230 e. The van der Waals surface area contributed by atoms with Gasteiger partial charge in [-0.3, -0.25) is 4.79 Å². The molecule has 2 aromatic heterocycles. The standard InChI is InChI=1S/C18H19N3O2/c1-11-6-7-16(22)14(9-11)20-17(23)10-15-13(3)19-18-12(2)5-4-8-21(15)18/h4-9,22H,10H2,1-3H3,(H,20,23). The molecule has 2 N–H and O–H groups in total. The summed E-state index contributed by atoms with van der Waals surface area (Å²) >= 11 is 0. The summed E-state index contributed by atoms with van der Waals surface area (Å²) in [5.41, 5.74) is 5.03. The average molecular weight is 309 g/mol. The minimum Gasteiger partial charge on any atom is -0.506 e. The number of aromatic hydroxyl groups is 1. The summed E-state index contributed by atoms with van der Waals surface area (Å²) in [6.45, 7) is 5.81. The smallest absolute Gasteiger partial charge is 0.230 e. The van der Waals surface area contributed by atoms with Crippen LogP contribution in [0.15, 0.2) is 36.5 Å². The Morgan fingerprint density at radius 1 is 1.26 bits per heavy atom. The van der Waals surface area contributed by atoms with Crippen molar-refractivity contribution in [2.75, 3.05) is 5.32 Å². The number of carbonyl (C=O) groups excluding carboxylic acids is 1. The van der Waals surface area contributed by atoms with Gasteiger partial charge in [-0.05, 0) is 50.1 Å². The van der Waals surface area contributed by atoms with Crippen LogP contribution in [0.5, 0.6) is 5.75 Å². The Hall–Kier alpha value is -2.82. The highest BCUT2D eigenvalue weighted by molar-refractivity contribution is 5.93. The molecule has 0 aliphatic rings. The van der Waals surface area contributed by atoms with Gasteiger partial charge < -0.3 is 14.8 Å². The first kappa shape index (κ1) is 15.1. The van der Waals surface area contributed by atoms with Gasteiger partial charge in [-0.1, -0.05) is 12.1 Å². The summed E-state index contributed by atoms with van der Waals surface area (Å²) in [6.07, 6.45) is 2.11. The molecule has 0 atom stereocenters. The lowest BCUT2D eigenvalue weighted by molar-refractivity contribution is -0.115. The molecule has 0 radical (unpaired) electrons. The van der Waals surface area contributed by atoms with Crippen molar-refractivity contribution in [3.63, 3.8) is 0 Å². The maximum atomic E-state index is 12.4. The molecular weight excluding hydrogens is 290 g/mol. The topological polar surface area (TPSA) is 66.6 Å². The summed E-state index contributed by atoms with van der Waals surface area (Å²) in [5.74, 6) is -0.119. The van der Waals surface area contributed by atoms with Crippen LogP contribution >= 0.6 is 0 Å². The number of phenolic OH excluding ortho intramolecular Hbond substituents is 1. The fourth-order valence-electron chi connectivity index (χ4n) is 2.68. The molecule has 23 heavy (non-hydrogen) atoms. The zero-order valence-corrected chi connectivity index (χ0v) is 13.4. The molecule has 1 aromatic carbocycles. The van der Waals surface area contributed by atoms with E-state index in [1.807, 2.05) is 43.5 Å². The Kier molecular flexibility index (Phi) is 3.78. The number of imidazole rings is 1. The molecule has 0 fully saturated rings. The van der Waals surface area contributed by atoms with E-state index in [0.717, 1.165) is 28.2 Å². The van der Waals surface area contributed by atoms with E-state index < -0.39 is 0 Å². The Morgan fingerprint density at radius 2 is 2.04 bits per heavy atom. The van der Waals surface area contributed by atoms with Gasteiger partial charge in [0, 0.05) is 6.20 Å². The predicted molar refractivity (Wildman–Crippen MR) is 89.8 cm³/mol. The molecule has 0 unspecified atom stereocenters. The first-order valence-electron chi connectivity index (χ1n) is 7.48. The normalized spacial score (nSPS) is 10.9. The van der Waals surface area contributed by atoms with E-state index in [4.69, 9.17) is 0 Å². The van der Waals surface area contributed by atoms with Crippen molar-refractivity contribution in [1.82, 2.24) is 9.38 Å². The lowest BCUT2D eigenvalue weighted by atomic mass is 10.2. The second-order valence-corrected chi connectivity index (χ2v) is 5.77. The van der Waals surface area contributed by atoms with Gasteiger partial charge in [0.2, 0.25) is 5.91 Å². The number of phenols is 1. The van der Waals surface area contributed by atoms with Gasteiger partial charge >= 0.3 is 0 Å². The largest absolute Gasteiger partial charge is 0.506 e. The van der Waals surface area contributed by atoms with E-state index in [1.165, 1.54) is 0 Å². The quantitative estimate of drug-likeness (QED) is 0.730. The predicted octanol–water partition coefficient (Wildman–Crippen LogP) is 3.15. The van der Waals surface area contributed by atoms with Gasteiger partial charge in [-0.25, -0.2) is 4.98 Å². The monoisotopic (exact) mass is 309 g/mol. The third-order valence-corrected chi connectivity index (χ3v) is 3.90. The molecule has 5 nitrogen and oxygen atoms in total. The second kappa shape index (κ2) is 5.76. The van der Waals surface area contributed by atoms with Crippen molar-refractivity contribution < 1.29 is 9.90 Å². The average Bonchev–Trinajstić information content (AvgIpc) is 2.81. The van der Waals surface area contributed by atoms with Gasteiger partial charge in [-0.2, -0.15) is 0 Å². The SMILES string of the molecule is Cc1ccc(O)c(NC(=O)Cc2c(C)nc3c(C)cccn23)c1. The lowest BCUT2D eigenvalue weighted by Crippen LogP contribution is -2.16. The molecule has 2 heterocycles. The fraction of sp³-hybridized carbons (Fsp3) is 0.222. The van der Waals surface area contributed by atoms with Crippen LogP contribution in [0.25, 0.3) is 5.65 Å². The van der Waals surface area contributed by atoms with Crippen LogP contribution in [-0.2, 0) is 11.2 Å². The third-order valence-electron chi connectivity index (χ3n) is 3.90. The summed E-state index contributed by atoms with van der Waals surface area (Å²) in [4.78, 5) is 16.9. The Balaban J connectivity index is 1.87. The number of hydrogen-bond acceptors (Lipinski definition) is 3. The molecule has 0 spiro atoms. The van der Waals surface area contributed by atoms with Crippen molar-refractivity contribution in [1.29, 1.82) is 0 Å². The van der Waals surface area contributed by atoms with Crippen LogP contribution in [-0.4, -0.2) is 20.4 Å². The number of nitrogens with zero attached hydrogens (tertiary/aromatic N) is 2. The Morgan fingerprint density at radius 3 is 2.83 bits per heavy atom. The van der Waals surface area contributed by atoms with Gasteiger partial charge in [0.1, 0.15) is 11.4 Å². The maximum absolute atomic E-state index is 12.4. The van der Waals surface area contributed by atoms with E-state index in [0.29, 0.717) is 5.69 Å². The number of amides is 1. The molecule has 0 saturated carbocycles. The highest BCUT2D eigenvalue weighted by Crippen LogP contribution is 2.24. The Bertz CT molecular complexity index is 897. The van der Waals surface area contributed by atoms with Crippen LogP contribution < -0.4 is 5.32 Å². The number of aromatic nitrogens is 2. The molecule has 5 heteroatoms. The molecule has 0 aliphatic heterocycles. The number of anilines is 1. The first-order chi connectivity index (χ1) is 11.0. The number of hydrogen-bond donors (Lipinski definition) is 2. The van der Waals surface area contributed by atoms with E-state index in [2.05, 4.69) is 10.3 Å². The van der Waals surface area contributed by atoms with E-state index >= 15 is 0 Å². The number of carbonyl (C=O) groups is 1. The molecule has 0 bridgehead atoms. The number of fused-ring (bicyclic) bond motifs is 1. The van der Waals surface area contributed by atoms with E-state index in [9.17, 15) is 9.90 Å². The zero-order chi connectivity index (χ0) is 16.6. The van der Waals surface area contributed by atoms with Gasteiger partial charge in [-0.15, -0.1) is 0 Å². The molecular formula is C18H19N3O2. The molecule has 0 aliphatic carbocycles. The zero-order valence-electron chi connectivity index (χ0n) is 13.4. The number of aryl methyl sites for hydroxylation is 3. The van der Waals surface area contributed by atoms with Crippen molar-refractivity contribution >= 4 is 17.2 Å². The van der Waals surface area contributed by atoms with Crippen molar-refractivity contribution in [3.05, 3.63) is 59.0 Å². The number of benzene rings is 1. The molecule has 0 saturated heterocycles. The molecule has 1 amide bonds. The minimum atomic E-state index is -0.183. The third kappa shape index (κ3) is 2.90. The summed E-state index contributed by atoms with van der Waals surface area (Å²) in [5, 5.41) is 12.6. The van der Waals surface area contributed by atoms with Crippen LogP contribution in [0.4, 0.5) is 5.69 Å². The fourth-order valence-corrected chi connectivity index (χ4v) is 2.68. The van der Waals surface area contributed by atoms with Crippen molar-refractivity contribution in [2.45, 2.75) is 27.2 Å². The molecule has 3 aromatic rings.